The van der Waals surface area contributed by atoms with E-state index >= 15 is 0 Å². The van der Waals surface area contributed by atoms with E-state index in [0.29, 0.717) is 34.5 Å². The Kier molecular flexibility index (Phi) is 7.88. The molecule has 39 heavy (non-hydrogen) atoms. The molecular weight excluding hydrogens is 516 g/mol. The molecular formula is C28H26N6O4S. The van der Waals surface area contributed by atoms with Gasteiger partial charge in [0.05, 0.1) is 24.6 Å². The number of ether oxygens (including phenoxy) is 3. The highest BCUT2D eigenvalue weighted by Crippen LogP contribution is 2.36. The molecule has 3 heterocycles. The lowest BCUT2D eigenvalue weighted by molar-refractivity contribution is 0.0526. The summed E-state index contributed by atoms with van der Waals surface area (Å²) in [6.45, 7) is 2.30. The monoisotopic (exact) mass is 542 g/mol. The maximum absolute atomic E-state index is 12.7. The van der Waals surface area contributed by atoms with Crippen LogP contribution in [0.2, 0.25) is 0 Å². The van der Waals surface area contributed by atoms with Crippen molar-refractivity contribution in [2.75, 3.05) is 25.3 Å². The second-order valence-corrected chi connectivity index (χ2v) is 8.97. The van der Waals surface area contributed by atoms with E-state index in [2.05, 4.69) is 20.3 Å². The summed E-state index contributed by atoms with van der Waals surface area (Å²) in [5.41, 5.74) is 1.94. The Bertz CT molecular complexity index is 1590. The number of nitrogens with one attached hydrogen (secondary N) is 1. The van der Waals surface area contributed by atoms with Gasteiger partial charge in [-0.05, 0) is 55.1 Å². The molecule has 10 nitrogen and oxygen atoms in total. The van der Waals surface area contributed by atoms with Crippen LogP contribution in [0.25, 0.3) is 16.7 Å². The quantitative estimate of drug-likeness (QED) is 0.139. The van der Waals surface area contributed by atoms with Crippen molar-refractivity contribution in [3.8, 4) is 17.3 Å². The van der Waals surface area contributed by atoms with Crippen LogP contribution >= 0.6 is 11.8 Å². The zero-order valence-electron chi connectivity index (χ0n) is 21.6. The van der Waals surface area contributed by atoms with Gasteiger partial charge in [-0.1, -0.05) is 36.0 Å². The van der Waals surface area contributed by atoms with E-state index in [1.807, 2.05) is 66.9 Å². The molecule has 0 spiro atoms. The Balaban J connectivity index is 1.60. The molecule has 2 aromatic carbocycles. The first-order chi connectivity index (χ1) is 19.1. The molecule has 198 valence electrons. The number of hydrogen-bond acceptors (Lipinski definition) is 10. The second-order valence-electron chi connectivity index (χ2n) is 8.20. The molecule has 0 saturated heterocycles. The summed E-state index contributed by atoms with van der Waals surface area (Å²) in [5.74, 6) is 2.20. The van der Waals surface area contributed by atoms with Crippen molar-refractivity contribution in [3.05, 3.63) is 84.2 Å². The van der Waals surface area contributed by atoms with E-state index in [4.69, 9.17) is 19.3 Å². The SMILES string of the molecule is CCOC(=O)c1cnc(SC)nc1Nc1nn(-c2ccccn2)c2cccc(OCc3ccc(OC)cc3)c12. The topological polar surface area (TPSA) is 113 Å². The number of pyridine rings is 1. The number of benzene rings is 2. The van der Waals surface area contributed by atoms with Crippen molar-refractivity contribution >= 4 is 40.3 Å². The molecule has 0 saturated carbocycles. The predicted octanol–water partition coefficient (Wildman–Crippen LogP) is 5.44. The molecule has 0 atom stereocenters. The Labute approximate surface area is 229 Å². The molecule has 5 rings (SSSR count). The van der Waals surface area contributed by atoms with Gasteiger partial charge in [0.25, 0.3) is 0 Å². The summed E-state index contributed by atoms with van der Waals surface area (Å²) in [7, 11) is 1.63. The van der Waals surface area contributed by atoms with Gasteiger partial charge < -0.3 is 19.5 Å². The number of aromatic nitrogens is 5. The highest BCUT2D eigenvalue weighted by Gasteiger charge is 2.22. The van der Waals surface area contributed by atoms with Gasteiger partial charge in [-0.2, -0.15) is 0 Å². The summed E-state index contributed by atoms with van der Waals surface area (Å²) >= 11 is 1.36. The third kappa shape index (κ3) is 5.63. The summed E-state index contributed by atoms with van der Waals surface area (Å²) in [4.78, 5) is 26.0. The largest absolute Gasteiger partial charge is 0.497 e. The molecule has 1 N–H and O–H groups in total. The Morgan fingerprint density at radius 2 is 1.87 bits per heavy atom. The molecule has 0 amide bonds. The van der Waals surface area contributed by atoms with E-state index in [9.17, 15) is 4.79 Å². The number of carbonyl (C=O) groups excluding carboxylic acids is 1. The third-order valence-corrected chi connectivity index (χ3v) is 6.33. The summed E-state index contributed by atoms with van der Waals surface area (Å²) in [5, 5.41) is 9.27. The molecule has 11 heteroatoms. The van der Waals surface area contributed by atoms with Gasteiger partial charge in [0.1, 0.15) is 23.7 Å². The number of methoxy groups -OCH3 is 1. The molecule has 5 aromatic rings. The summed E-state index contributed by atoms with van der Waals surface area (Å²) in [6, 6.07) is 19.0. The minimum atomic E-state index is -0.530. The van der Waals surface area contributed by atoms with Crippen LogP contribution in [-0.4, -0.2) is 50.7 Å². The average molecular weight is 543 g/mol. The number of thioether (sulfide) groups is 1. The van der Waals surface area contributed by atoms with Crippen molar-refractivity contribution < 1.29 is 19.0 Å². The van der Waals surface area contributed by atoms with Crippen molar-refractivity contribution in [2.45, 2.75) is 18.7 Å². The average Bonchev–Trinajstić information content (AvgIpc) is 3.35. The molecule has 0 fully saturated rings. The van der Waals surface area contributed by atoms with E-state index in [0.717, 1.165) is 16.8 Å². The molecule has 0 aliphatic carbocycles. The van der Waals surface area contributed by atoms with Crippen LogP contribution < -0.4 is 14.8 Å². The lowest BCUT2D eigenvalue weighted by Gasteiger charge is -2.12. The van der Waals surface area contributed by atoms with Gasteiger partial charge >= 0.3 is 5.97 Å². The molecule has 0 unspecified atom stereocenters. The number of carbonyl (C=O) groups is 1. The van der Waals surface area contributed by atoms with Crippen LogP contribution in [0, 0.1) is 0 Å². The molecule has 0 bridgehead atoms. The maximum Gasteiger partial charge on any atom is 0.343 e. The van der Waals surface area contributed by atoms with Crippen LogP contribution in [0.15, 0.2) is 78.2 Å². The molecule has 0 radical (unpaired) electrons. The number of anilines is 2. The van der Waals surface area contributed by atoms with Gasteiger partial charge in [-0.3, -0.25) is 0 Å². The first-order valence-electron chi connectivity index (χ1n) is 12.1. The van der Waals surface area contributed by atoms with E-state index in [-0.39, 0.29) is 18.0 Å². The van der Waals surface area contributed by atoms with Crippen LogP contribution in [0.1, 0.15) is 22.8 Å². The standard InChI is InChI=1S/C28H26N6O4S/c1-4-37-27(35)20-16-30-28(39-3)32-25(20)31-26-24-21(34(33-26)23-10-5-6-15-29-23)8-7-9-22(24)38-17-18-11-13-19(36-2)14-12-18/h5-16H,4,17H2,1-3H3,(H,30,31,32,33). The van der Waals surface area contributed by atoms with Crippen molar-refractivity contribution in [2.24, 2.45) is 0 Å². The van der Waals surface area contributed by atoms with Crippen LogP contribution in [0.3, 0.4) is 0 Å². The predicted molar refractivity (Wildman–Crippen MR) is 149 cm³/mol. The molecule has 0 aliphatic rings. The maximum atomic E-state index is 12.7. The van der Waals surface area contributed by atoms with E-state index < -0.39 is 5.97 Å². The lowest BCUT2D eigenvalue weighted by Crippen LogP contribution is -2.11. The van der Waals surface area contributed by atoms with Crippen molar-refractivity contribution in [3.63, 3.8) is 0 Å². The number of rotatable bonds is 10. The van der Waals surface area contributed by atoms with E-state index in [1.165, 1.54) is 18.0 Å². The Hall–Kier alpha value is -4.64. The Morgan fingerprint density at radius 3 is 2.59 bits per heavy atom. The minimum absolute atomic E-state index is 0.201. The molecule has 0 aliphatic heterocycles. The smallest absolute Gasteiger partial charge is 0.343 e. The lowest BCUT2D eigenvalue weighted by atomic mass is 10.2. The number of esters is 1. The molecule has 3 aromatic heterocycles. The van der Waals surface area contributed by atoms with Crippen LogP contribution in [-0.2, 0) is 11.3 Å². The van der Waals surface area contributed by atoms with Gasteiger partial charge in [0.15, 0.2) is 22.6 Å². The van der Waals surface area contributed by atoms with Crippen LogP contribution in [0.5, 0.6) is 11.5 Å². The Morgan fingerprint density at radius 1 is 1.03 bits per heavy atom. The summed E-state index contributed by atoms with van der Waals surface area (Å²) in [6.07, 6.45) is 5.02. The van der Waals surface area contributed by atoms with Crippen molar-refractivity contribution in [1.29, 1.82) is 0 Å². The van der Waals surface area contributed by atoms with Crippen molar-refractivity contribution in [1.82, 2.24) is 24.7 Å². The highest BCUT2D eigenvalue weighted by molar-refractivity contribution is 7.98. The first kappa shape index (κ1) is 26.0. The highest BCUT2D eigenvalue weighted by atomic mass is 32.2. The fourth-order valence-electron chi connectivity index (χ4n) is 3.91. The van der Waals surface area contributed by atoms with Gasteiger partial charge in [0, 0.05) is 12.4 Å². The number of nitrogens with zero attached hydrogens (tertiary/aromatic N) is 5. The zero-order chi connectivity index (χ0) is 27.2. The first-order valence-corrected chi connectivity index (χ1v) is 13.4. The van der Waals surface area contributed by atoms with Gasteiger partial charge in [-0.25, -0.2) is 24.4 Å². The van der Waals surface area contributed by atoms with E-state index in [1.54, 1.807) is 24.9 Å². The number of fused-ring (bicyclic) bond motifs is 1. The van der Waals surface area contributed by atoms with Crippen LogP contribution in [0.4, 0.5) is 11.6 Å². The normalized spacial score (nSPS) is 10.8. The minimum Gasteiger partial charge on any atom is -0.497 e. The summed E-state index contributed by atoms with van der Waals surface area (Å²) < 4.78 is 18.5. The third-order valence-electron chi connectivity index (χ3n) is 5.77. The zero-order valence-corrected chi connectivity index (χ0v) is 22.4. The fraction of sp³-hybridized carbons (Fsp3) is 0.179. The van der Waals surface area contributed by atoms with Gasteiger partial charge in [-0.15, -0.1) is 5.10 Å². The van der Waals surface area contributed by atoms with Gasteiger partial charge in [0.2, 0.25) is 0 Å². The number of hydrogen-bond donors (Lipinski definition) is 1. The fourth-order valence-corrected chi connectivity index (χ4v) is 4.25. The second kappa shape index (κ2) is 11.8.